The molecule has 0 aromatic carbocycles. The van der Waals surface area contributed by atoms with Crippen molar-refractivity contribution in [1.29, 1.82) is 0 Å². The van der Waals surface area contributed by atoms with Gasteiger partial charge in [-0.1, -0.05) is 0 Å². The van der Waals surface area contributed by atoms with Gasteiger partial charge < -0.3 is 20.2 Å². The normalized spacial score (nSPS) is 16.0. The van der Waals surface area contributed by atoms with E-state index in [9.17, 15) is 23.8 Å². The van der Waals surface area contributed by atoms with Crippen LogP contribution in [0.4, 0.5) is 0 Å². The molecule has 0 rings (SSSR count). The summed E-state index contributed by atoms with van der Waals surface area (Å²) < 4.78 is 29.5. The number of hydrazine groups is 1. The van der Waals surface area contributed by atoms with Crippen LogP contribution in [0.2, 0.25) is 0 Å². The maximum absolute atomic E-state index is 11.5. The first-order valence-corrected chi connectivity index (χ1v) is 10.3. The zero-order valence-electron chi connectivity index (χ0n) is 12.5. The summed E-state index contributed by atoms with van der Waals surface area (Å²) in [6.07, 6.45) is -0.177. The Kier molecular flexibility index (Phi) is 12.6. The Labute approximate surface area is 143 Å². The van der Waals surface area contributed by atoms with Gasteiger partial charge in [-0.05, 0) is 0 Å². The fraction of sp³-hybridized carbons (Fsp3) is 0.778. The van der Waals surface area contributed by atoms with Crippen molar-refractivity contribution < 1.29 is 42.7 Å². The number of aliphatic hydroxyl groups is 1. The fourth-order valence-corrected chi connectivity index (χ4v) is 3.13. The van der Waals surface area contributed by atoms with Crippen LogP contribution in [0.3, 0.4) is 0 Å². The van der Waals surface area contributed by atoms with Crippen molar-refractivity contribution in [3.05, 3.63) is 0 Å². The molecule has 142 valence electrons. The monoisotopic (exact) mass is 409 g/mol. The van der Waals surface area contributed by atoms with Gasteiger partial charge in [0.15, 0.2) is 0 Å². The topological polar surface area (TPSA) is 198 Å². The highest BCUT2D eigenvalue weighted by Gasteiger charge is 2.33. The molecule has 12 nitrogen and oxygen atoms in total. The standard InChI is InChI=1S/C9H21N3O9P2S/c10-12-8(14)2-6-24-5-1-7(13)11-4-3-9(15,20-22(16)17)21-23(18)19/h15,22-23H,1-6,10H2,(H,11,13)(H,12,14)(H,16,17)(H,18,19). The molecule has 0 radical (unpaired) electrons. The molecule has 0 aliphatic heterocycles. The van der Waals surface area contributed by atoms with Crippen LogP contribution >= 0.6 is 28.3 Å². The first kappa shape index (κ1) is 23.5. The van der Waals surface area contributed by atoms with Crippen molar-refractivity contribution in [1.82, 2.24) is 10.7 Å². The smallest absolute Gasteiger partial charge is 0.320 e. The van der Waals surface area contributed by atoms with E-state index in [0.29, 0.717) is 11.5 Å². The van der Waals surface area contributed by atoms with Crippen molar-refractivity contribution in [3.63, 3.8) is 0 Å². The summed E-state index contributed by atoms with van der Waals surface area (Å²) in [5, 5.41) is 12.0. The summed E-state index contributed by atoms with van der Waals surface area (Å²) in [7, 11) is -7.26. The Hall–Kier alpha value is -0.490. The van der Waals surface area contributed by atoms with Crippen LogP contribution in [0, 0.1) is 0 Å². The molecule has 0 fully saturated rings. The maximum atomic E-state index is 11.5. The minimum Gasteiger partial charge on any atom is -0.356 e. The van der Waals surface area contributed by atoms with Gasteiger partial charge in [-0.3, -0.25) is 33.2 Å². The van der Waals surface area contributed by atoms with Gasteiger partial charge in [-0.2, -0.15) is 11.8 Å². The SMILES string of the molecule is NNC(=O)CCSCCC(=O)NCCC(O)(O[PH](=O)O)O[PH](=O)O. The molecule has 0 saturated carbocycles. The summed E-state index contributed by atoms with van der Waals surface area (Å²) in [4.78, 5) is 39.6. The lowest BCUT2D eigenvalue weighted by atomic mass is 10.3. The third-order valence-corrected chi connectivity index (χ3v) is 4.34. The summed E-state index contributed by atoms with van der Waals surface area (Å²) in [6, 6.07) is 0. The van der Waals surface area contributed by atoms with E-state index in [1.165, 1.54) is 11.8 Å². The Bertz CT molecular complexity index is 452. The van der Waals surface area contributed by atoms with Gasteiger partial charge in [0, 0.05) is 37.3 Å². The molecule has 7 N–H and O–H groups in total. The minimum absolute atomic E-state index is 0.127. The van der Waals surface area contributed by atoms with E-state index in [4.69, 9.17) is 15.6 Å². The largest absolute Gasteiger partial charge is 0.356 e. The van der Waals surface area contributed by atoms with Crippen molar-refractivity contribution >= 4 is 40.1 Å². The van der Waals surface area contributed by atoms with Crippen LogP contribution in [0.15, 0.2) is 0 Å². The van der Waals surface area contributed by atoms with Gasteiger partial charge in [-0.15, -0.1) is 0 Å². The summed E-state index contributed by atoms with van der Waals surface area (Å²) >= 11 is 1.36. The molecule has 0 aliphatic rings. The molecule has 0 aliphatic carbocycles. The van der Waals surface area contributed by atoms with Gasteiger partial charge in [0.05, 0.1) is 0 Å². The molecule has 0 aromatic rings. The first-order chi connectivity index (χ1) is 11.2. The van der Waals surface area contributed by atoms with E-state index in [1.807, 2.05) is 5.43 Å². The zero-order valence-corrected chi connectivity index (χ0v) is 15.3. The molecule has 0 bridgehead atoms. The van der Waals surface area contributed by atoms with Crippen molar-refractivity contribution in [3.8, 4) is 0 Å². The number of carbonyl (C=O) groups excluding carboxylic acids is 2. The molecule has 0 saturated heterocycles. The number of carbonyl (C=O) groups is 2. The number of rotatable bonds is 13. The van der Waals surface area contributed by atoms with Gasteiger partial charge >= 0.3 is 16.5 Å². The quantitative estimate of drug-likeness (QED) is 0.0513. The van der Waals surface area contributed by atoms with Crippen LogP contribution in [0.5, 0.6) is 0 Å². The van der Waals surface area contributed by atoms with Crippen molar-refractivity contribution in [2.45, 2.75) is 25.2 Å². The lowest BCUT2D eigenvalue weighted by Gasteiger charge is -2.24. The van der Waals surface area contributed by atoms with Gasteiger partial charge in [0.2, 0.25) is 11.8 Å². The van der Waals surface area contributed by atoms with Crippen LogP contribution in [0.1, 0.15) is 19.3 Å². The van der Waals surface area contributed by atoms with E-state index in [0.717, 1.165) is 0 Å². The number of thioether (sulfide) groups is 1. The molecule has 2 unspecified atom stereocenters. The van der Waals surface area contributed by atoms with Crippen molar-refractivity contribution in [2.24, 2.45) is 5.84 Å². The number of amides is 2. The van der Waals surface area contributed by atoms with Crippen LogP contribution in [0.25, 0.3) is 0 Å². The molecule has 0 spiro atoms. The number of hydrogen-bond acceptors (Lipinski definition) is 9. The molecule has 24 heavy (non-hydrogen) atoms. The second-order valence-corrected chi connectivity index (χ2v) is 6.93. The molecule has 0 aromatic heterocycles. The van der Waals surface area contributed by atoms with Gasteiger partial charge in [0.25, 0.3) is 5.97 Å². The van der Waals surface area contributed by atoms with E-state index in [1.54, 1.807) is 0 Å². The van der Waals surface area contributed by atoms with E-state index < -0.39 is 28.9 Å². The second-order valence-electron chi connectivity index (χ2n) is 4.23. The average molecular weight is 409 g/mol. The molecule has 0 heterocycles. The third kappa shape index (κ3) is 12.9. The first-order valence-electron chi connectivity index (χ1n) is 6.58. The highest BCUT2D eigenvalue weighted by Crippen LogP contribution is 2.34. The van der Waals surface area contributed by atoms with E-state index in [-0.39, 0.29) is 31.2 Å². The predicted octanol–water partition coefficient (Wildman–Crippen LogP) is -1.56. The Morgan fingerprint density at radius 3 is 2.04 bits per heavy atom. The number of nitrogens with one attached hydrogen (secondary N) is 2. The Balaban J connectivity index is 4.00. The highest BCUT2D eigenvalue weighted by molar-refractivity contribution is 7.99. The summed E-state index contributed by atoms with van der Waals surface area (Å²) in [5.41, 5.74) is 1.98. The molecular formula is C9H21N3O9P2S. The molecule has 2 amide bonds. The lowest BCUT2D eigenvalue weighted by Crippen LogP contribution is -2.37. The third-order valence-electron chi connectivity index (χ3n) is 2.36. The average Bonchev–Trinajstić information content (AvgIpc) is 2.44. The molecule has 15 heteroatoms. The van der Waals surface area contributed by atoms with E-state index in [2.05, 4.69) is 14.4 Å². The Morgan fingerprint density at radius 2 is 1.58 bits per heavy atom. The van der Waals surface area contributed by atoms with Crippen LogP contribution in [-0.2, 0) is 27.8 Å². The van der Waals surface area contributed by atoms with Crippen LogP contribution in [-0.4, -0.2) is 50.7 Å². The van der Waals surface area contributed by atoms with E-state index >= 15 is 0 Å². The fourth-order valence-electron chi connectivity index (χ4n) is 1.35. The highest BCUT2D eigenvalue weighted by atomic mass is 32.2. The van der Waals surface area contributed by atoms with Crippen molar-refractivity contribution in [2.75, 3.05) is 18.1 Å². The minimum atomic E-state index is -3.63. The van der Waals surface area contributed by atoms with Gasteiger partial charge in [0.1, 0.15) is 0 Å². The predicted molar refractivity (Wildman–Crippen MR) is 86.1 cm³/mol. The molecule has 2 atom stereocenters. The maximum Gasteiger partial charge on any atom is 0.320 e. The zero-order chi connectivity index (χ0) is 18.6. The van der Waals surface area contributed by atoms with Gasteiger partial charge in [-0.25, -0.2) is 5.84 Å². The summed E-state index contributed by atoms with van der Waals surface area (Å²) in [6.45, 7) is -0.222. The Morgan fingerprint density at radius 1 is 1.08 bits per heavy atom. The number of hydrogen-bond donors (Lipinski definition) is 6. The summed E-state index contributed by atoms with van der Waals surface area (Å²) in [5.74, 6) is 2.40. The molecular weight excluding hydrogens is 388 g/mol. The lowest BCUT2D eigenvalue weighted by molar-refractivity contribution is -0.275. The second kappa shape index (κ2) is 12.8. The van der Waals surface area contributed by atoms with Crippen LogP contribution < -0.4 is 16.6 Å². The number of nitrogens with two attached hydrogens (primary N) is 1.